The third-order valence-electron chi connectivity index (χ3n) is 3.97. The second kappa shape index (κ2) is 6.06. The number of unbranched alkanes of at least 4 members (excludes halogenated alkanes) is 1. The van der Waals surface area contributed by atoms with Crippen molar-refractivity contribution < 1.29 is 4.79 Å². The number of piperazine rings is 1. The number of primary amides is 1. The van der Waals surface area contributed by atoms with Gasteiger partial charge in [-0.05, 0) is 12.0 Å². The molecule has 1 saturated heterocycles. The molecule has 0 bridgehead atoms. The minimum absolute atomic E-state index is 0.290. The molecule has 1 aliphatic heterocycles. The van der Waals surface area contributed by atoms with Gasteiger partial charge in [0, 0.05) is 19.6 Å². The molecule has 0 saturated carbocycles. The van der Waals surface area contributed by atoms with Gasteiger partial charge in [0.05, 0.1) is 5.54 Å². The van der Waals surface area contributed by atoms with E-state index in [0.29, 0.717) is 6.54 Å². The first-order valence-corrected chi connectivity index (χ1v) is 7.04. The van der Waals surface area contributed by atoms with Gasteiger partial charge in [0.25, 0.3) is 0 Å². The molecule has 19 heavy (non-hydrogen) atoms. The molecule has 3 N–H and O–H groups in total. The third-order valence-corrected chi connectivity index (χ3v) is 3.97. The van der Waals surface area contributed by atoms with Gasteiger partial charge >= 0.3 is 6.03 Å². The van der Waals surface area contributed by atoms with Gasteiger partial charge in [-0.1, -0.05) is 50.1 Å². The van der Waals surface area contributed by atoms with E-state index in [1.165, 1.54) is 5.56 Å². The van der Waals surface area contributed by atoms with Crippen LogP contribution in [-0.2, 0) is 5.54 Å². The van der Waals surface area contributed by atoms with Crippen LogP contribution in [0, 0.1) is 0 Å². The Balaban J connectivity index is 2.39. The summed E-state index contributed by atoms with van der Waals surface area (Å²) in [6.45, 7) is 4.43. The van der Waals surface area contributed by atoms with Crippen LogP contribution >= 0.6 is 0 Å². The highest BCUT2D eigenvalue weighted by atomic mass is 16.2. The van der Waals surface area contributed by atoms with Crippen LogP contribution in [0.2, 0.25) is 0 Å². The number of carbonyl (C=O) groups is 1. The molecule has 0 spiro atoms. The third kappa shape index (κ3) is 2.73. The maximum absolute atomic E-state index is 11.8. The van der Waals surface area contributed by atoms with Crippen molar-refractivity contribution in [1.82, 2.24) is 10.2 Å². The predicted molar refractivity (Wildman–Crippen MR) is 76.8 cm³/mol. The number of benzene rings is 1. The Hall–Kier alpha value is -1.55. The number of hydrogen-bond acceptors (Lipinski definition) is 2. The molecule has 4 heteroatoms. The first-order chi connectivity index (χ1) is 9.20. The fraction of sp³-hybridized carbons (Fsp3) is 0.533. The van der Waals surface area contributed by atoms with Crippen molar-refractivity contribution in [2.75, 3.05) is 19.6 Å². The Labute approximate surface area is 115 Å². The second-order valence-electron chi connectivity index (χ2n) is 5.17. The SMILES string of the molecule is CCCCC1(c2ccccc2)CNCCN1C(N)=O. The number of amides is 2. The molecule has 104 valence electrons. The van der Waals surface area contributed by atoms with Crippen LogP contribution in [0.5, 0.6) is 0 Å². The molecular weight excluding hydrogens is 238 g/mol. The zero-order chi connectivity index (χ0) is 13.7. The number of nitrogens with one attached hydrogen (secondary N) is 1. The van der Waals surface area contributed by atoms with Gasteiger partial charge < -0.3 is 16.0 Å². The van der Waals surface area contributed by atoms with E-state index in [0.717, 1.165) is 32.4 Å². The van der Waals surface area contributed by atoms with E-state index in [9.17, 15) is 4.79 Å². The first kappa shape index (κ1) is 13.9. The lowest BCUT2D eigenvalue weighted by molar-refractivity contribution is 0.0817. The van der Waals surface area contributed by atoms with Crippen LogP contribution in [0.4, 0.5) is 4.79 Å². The van der Waals surface area contributed by atoms with E-state index < -0.39 is 0 Å². The number of nitrogens with zero attached hydrogens (tertiary/aromatic N) is 1. The van der Waals surface area contributed by atoms with Crippen LogP contribution in [-0.4, -0.2) is 30.6 Å². The lowest BCUT2D eigenvalue weighted by Crippen LogP contribution is -2.62. The summed E-state index contributed by atoms with van der Waals surface area (Å²) in [6, 6.07) is 9.92. The van der Waals surface area contributed by atoms with Crippen molar-refractivity contribution in [3.63, 3.8) is 0 Å². The minimum atomic E-state index is -0.318. The van der Waals surface area contributed by atoms with E-state index in [-0.39, 0.29) is 11.6 Å². The number of urea groups is 1. The van der Waals surface area contributed by atoms with E-state index in [1.807, 2.05) is 23.1 Å². The average molecular weight is 261 g/mol. The maximum atomic E-state index is 11.8. The summed E-state index contributed by atoms with van der Waals surface area (Å²) in [5, 5.41) is 3.42. The van der Waals surface area contributed by atoms with E-state index >= 15 is 0 Å². The van der Waals surface area contributed by atoms with Crippen molar-refractivity contribution in [3.05, 3.63) is 35.9 Å². The molecule has 1 fully saturated rings. The number of rotatable bonds is 4. The van der Waals surface area contributed by atoms with Gasteiger partial charge in [0.15, 0.2) is 0 Å². The van der Waals surface area contributed by atoms with Crippen LogP contribution in [0.25, 0.3) is 0 Å². The van der Waals surface area contributed by atoms with Crippen molar-refractivity contribution in [1.29, 1.82) is 0 Å². The zero-order valence-electron chi connectivity index (χ0n) is 11.6. The fourth-order valence-electron chi connectivity index (χ4n) is 2.96. The second-order valence-corrected chi connectivity index (χ2v) is 5.17. The van der Waals surface area contributed by atoms with Crippen molar-refractivity contribution >= 4 is 6.03 Å². The lowest BCUT2D eigenvalue weighted by atomic mass is 9.82. The summed E-state index contributed by atoms with van der Waals surface area (Å²) in [5.74, 6) is 0. The summed E-state index contributed by atoms with van der Waals surface area (Å²) in [6.07, 6.45) is 3.14. The molecule has 1 aromatic carbocycles. The Morgan fingerprint density at radius 2 is 2.16 bits per heavy atom. The van der Waals surface area contributed by atoms with Crippen LogP contribution in [0.3, 0.4) is 0 Å². The van der Waals surface area contributed by atoms with Gasteiger partial charge in [-0.2, -0.15) is 0 Å². The molecule has 1 aliphatic rings. The summed E-state index contributed by atoms with van der Waals surface area (Å²) in [7, 11) is 0. The van der Waals surface area contributed by atoms with Crippen molar-refractivity contribution in [2.45, 2.75) is 31.7 Å². The van der Waals surface area contributed by atoms with Crippen molar-refractivity contribution in [2.24, 2.45) is 5.73 Å². The highest BCUT2D eigenvalue weighted by Crippen LogP contribution is 2.34. The quantitative estimate of drug-likeness (QED) is 0.871. The van der Waals surface area contributed by atoms with Gasteiger partial charge in [0.2, 0.25) is 0 Å². The maximum Gasteiger partial charge on any atom is 0.315 e. The number of carbonyl (C=O) groups excluding carboxylic acids is 1. The molecule has 4 nitrogen and oxygen atoms in total. The number of hydrogen-bond donors (Lipinski definition) is 2. The smallest absolute Gasteiger partial charge is 0.315 e. The highest BCUT2D eigenvalue weighted by Gasteiger charge is 2.41. The molecule has 1 atom stereocenters. The molecule has 0 radical (unpaired) electrons. The van der Waals surface area contributed by atoms with Crippen LogP contribution < -0.4 is 11.1 Å². The normalized spacial score (nSPS) is 23.3. The lowest BCUT2D eigenvalue weighted by Gasteiger charge is -2.47. The Morgan fingerprint density at radius 3 is 2.79 bits per heavy atom. The first-order valence-electron chi connectivity index (χ1n) is 7.04. The summed E-state index contributed by atoms with van der Waals surface area (Å²) < 4.78 is 0. The van der Waals surface area contributed by atoms with Gasteiger partial charge in [-0.3, -0.25) is 0 Å². The average Bonchev–Trinajstić information content (AvgIpc) is 2.46. The fourth-order valence-corrected chi connectivity index (χ4v) is 2.96. The Bertz CT molecular complexity index is 421. The zero-order valence-corrected chi connectivity index (χ0v) is 11.6. The molecule has 1 heterocycles. The molecule has 0 aliphatic carbocycles. The van der Waals surface area contributed by atoms with E-state index in [1.54, 1.807) is 0 Å². The van der Waals surface area contributed by atoms with Gasteiger partial charge in [-0.15, -0.1) is 0 Å². The van der Waals surface area contributed by atoms with E-state index in [4.69, 9.17) is 5.73 Å². The van der Waals surface area contributed by atoms with Gasteiger partial charge in [-0.25, -0.2) is 4.79 Å². The molecule has 2 rings (SSSR count). The van der Waals surface area contributed by atoms with Crippen LogP contribution in [0.15, 0.2) is 30.3 Å². The monoisotopic (exact) mass is 261 g/mol. The topological polar surface area (TPSA) is 58.4 Å². The Morgan fingerprint density at radius 1 is 1.42 bits per heavy atom. The number of nitrogens with two attached hydrogens (primary N) is 1. The largest absolute Gasteiger partial charge is 0.351 e. The molecular formula is C15H23N3O. The highest BCUT2D eigenvalue weighted by molar-refractivity contribution is 5.73. The van der Waals surface area contributed by atoms with Gasteiger partial charge in [0.1, 0.15) is 0 Å². The standard InChI is InChI=1S/C15H23N3O/c1-2-3-9-15(13-7-5-4-6-8-13)12-17-10-11-18(15)14(16)19/h4-8,17H,2-3,9-12H2,1H3,(H2,16,19). The Kier molecular flexibility index (Phi) is 4.43. The van der Waals surface area contributed by atoms with E-state index in [2.05, 4.69) is 24.4 Å². The molecule has 1 unspecified atom stereocenters. The predicted octanol–water partition coefficient (Wildman–Crippen LogP) is 2.06. The summed E-state index contributed by atoms with van der Waals surface area (Å²) in [5.41, 5.74) is 6.50. The van der Waals surface area contributed by atoms with Crippen molar-refractivity contribution in [3.8, 4) is 0 Å². The minimum Gasteiger partial charge on any atom is -0.351 e. The molecule has 2 amide bonds. The summed E-state index contributed by atoms with van der Waals surface area (Å²) in [4.78, 5) is 13.7. The summed E-state index contributed by atoms with van der Waals surface area (Å²) >= 11 is 0. The molecule has 0 aromatic heterocycles. The molecule has 1 aromatic rings. The van der Waals surface area contributed by atoms with Crippen LogP contribution in [0.1, 0.15) is 31.7 Å².